The van der Waals surface area contributed by atoms with Crippen LogP contribution in [0.3, 0.4) is 0 Å². The van der Waals surface area contributed by atoms with Crippen LogP contribution in [-0.4, -0.2) is 79.1 Å². The fraction of sp³-hybridized carbons (Fsp3) is 0.500. The Kier molecular flexibility index (Phi) is 10.0. The van der Waals surface area contributed by atoms with Crippen LogP contribution in [0.5, 0.6) is 5.75 Å². The lowest BCUT2D eigenvalue weighted by Gasteiger charge is -2.33. The minimum absolute atomic E-state index is 0.108. The smallest absolute Gasteiger partial charge is 0.387 e. The molecule has 37 heavy (non-hydrogen) atoms. The van der Waals surface area contributed by atoms with Gasteiger partial charge in [-0.25, -0.2) is 4.98 Å². The molecular formula is C26H33ClF2N4O4. The van der Waals surface area contributed by atoms with Crippen LogP contribution in [0.25, 0.3) is 0 Å². The Morgan fingerprint density at radius 3 is 2.51 bits per heavy atom. The summed E-state index contributed by atoms with van der Waals surface area (Å²) in [5.74, 6) is 0.457. The van der Waals surface area contributed by atoms with Crippen molar-refractivity contribution in [3.8, 4) is 5.75 Å². The van der Waals surface area contributed by atoms with Gasteiger partial charge in [0.25, 0.3) is 11.8 Å². The van der Waals surface area contributed by atoms with Gasteiger partial charge in [0.05, 0.1) is 5.56 Å². The molecule has 3 rings (SSSR count). The minimum Gasteiger partial charge on any atom is -0.435 e. The van der Waals surface area contributed by atoms with Crippen LogP contribution >= 0.6 is 11.6 Å². The predicted molar refractivity (Wildman–Crippen MR) is 137 cm³/mol. The number of anilines is 1. The highest BCUT2D eigenvalue weighted by Gasteiger charge is 2.24. The van der Waals surface area contributed by atoms with E-state index in [4.69, 9.17) is 11.6 Å². The SMILES string of the molecule is CN(C)C(=O)c1ccc(N2CCC(CCCN(C)C(=O)C(O)c3cccc(OC(F)F)c3)CC2)nc1Cl. The highest BCUT2D eigenvalue weighted by atomic mass is 35.5. The Morgan fingerprint density at radius 1 is 1.19 bits per heavy atom. The van der Waals surface area contributed by atoms with E-state index in [9.17, 15) is 23.5 Å². The lowest BCUT2D eigenvalue weighted by Crippen LogP contribution is -2.35. The van der Waals surface area contributed by atoms with E-state index in [2.05, 4.69) is 14.6 Å². The van der Waals surface area contributed by atoms with Crippen molar-refractivity contribution in [1.82, 2.24) is 14.8 Å². The fourth-order valence-electron chi connectivity index (χ4n) is 4.39. The number of nitrogens with zero attached hydrogens (tertiary/aromatic N) is 4. The first kappa shape index (κ1) is 28.6. The van der Waals surface area contributed by atoms with Gasteiger partial charge in [-0.15, -0.1) is 0 Å². The molecule has 202 valence electrons. The molecule has 1 aliphatic heterocycles. The van der Waals surface area contributed by atoms with Crippen molar-refractivity contribution in [3.05, 3.63) is 52.7 Å². The van der Waals surface area contributed by atoms with Crippen LogP contribution < -0.4 is 9.64 Å². The number of alkyl halides is 2. The highest BCUT2D eigenvalue weighted by Crippen LogP contribution is 2.28. The van der Waals surface area contributed by atoms with Crippen molar-refractivity contribution in [3.63, 3.8) is 0 Å². The molecule has 0 aliphatic carbocycles. The van der Waals surface area contributed by atoms with Crippen LogP contribution in [-0.2, 0) is 4.79 Å². The number of aliphatic hydroxyl groups excluding tert-OH is 1. The first-order chi connectivity index (χ1) is 17.6. The number of benzene rings is 1. The lowest BCUT2D eigenvalue weighted by atomic mass is 9.92. The summed E-state index contributed by atoms with van der Waals surface area (Å²) in [6, 6.07) is 9.07. The second kappa shape index (κ2) is 13.0. The normalized spacial score (nSPS) is 15.0. The standard InChI is InChI=1S/C26H33ClF2N4O4/c1-31(2)24(35)20-9-10-21(30-23(20)27)33-14-11-17(12-15-33)6-5-13-32(3)25(36)22(34)18-7-4-8-19(16-18)37-26(28)29/h4,7-10,16-17,22,26,34H,5-6,11-15H2,1-3H3. The number of hydrogen-bond donors (Lipinski definition) is 1. The Labute approximate surface area is 220 Å². The second-order valence-corrected chi connectivity index (χ2v) is 9.75. The van der Waals surface area contributed by atoms with Crippen molar-refractivity contribution in [2.24, 2.45) is 5.92 Å². The molecule has 0 radical (unpaired) electrons. The largest absolute Gasteiger partial charge is 0.435 e. The van der Waals surface area contributed by atoms with Crippen molar-refractivity contribution in [1.29, 1.82) is 0 Å². The first-order valence-corrected chi connectivity index (χ1v) is 12.6. The zero-order valence-corrected chi connectivity index (χ0v) is 22.0. The van der Waals surface area contributed by atoms with Crippen molar-refractivity contribution >= 4 is 29.2 Å². The zero-order valence-electron chi connectivity index (χ0n) is 21.2. The van der Waals surface area contributed by atoms with Gasteiger partial charge < -0.3 is 24.5 Å². The van der Waals surface area contributed by atoms with E-state index >= 15 is 0 Å². The van der Waals surface area contributed by atoms with E-state index in [1.54, 1.807) is 27.2 Å². The predicted octanol–water partition coefficient (Wildman–Crippen LogP) is 4.23. The summed E-state index contributed by atoms with van der Waals surface area (Å²) in [6.07, 6.45) is 2.20. The maximum atomic E-state index is 12.6. The molecule has 0 spiro atoms. The topological polar surface area (TPSA) is 86.2 Å². The highest BCUT2D eigenvalue weighted by molar-refractivity contribution is 6.32. The molecule has 1 aromatic heterocycles. The summed E-state index contributed by atoms with van der Waals surface area (Å²) in [6.45, 7) is -0.869. The maximum Gasteiger partial charge on any atom is 0.387 e. The van der Waals surface area contributed by atoms with Gasteiger partial charge >= 0.3 is 6.61 Å². The third-order valence-electron chi connectivity index (χ3n) is 6.52. The van der Waals surface area contributed by atoms with Crippen LogP contribution in [0, 0.1) is 5.92 Å². The number of hydrogen-bond acceptors (Lipinski definition) is 6. The number of amides is 2. The van der Waals surface area contributed by atoms with Gasteiger partial charge in [0, 0.05) is 40.8 Å². The number of carbonyl (C=O) groups is 2. The Balaban J connectivity index is 1.44. The number of aliphatic hydroxyl groups is 1. The summed E-state index contributed by atoms with van der Waals surface area (Å²) in [7, 11) is 4.95. The third-order valence-corrected chi connectivity index (χ3v) is 6.81. The van der Waals surface area contributed by atoms with E-state index in [1.807, 2.05) is 6.07 Å². The average Bonchev–Trinajstić information content (AvgIpc) is 2.87. The van der Waals surface area contributed by atoms with Crippen molar-refractivity contribution in [2.45, 2.75) is 38.4 Å². The summed E-state index contributed by atoms with van der Waals surface area (Å²) >= 11 is 6.26. The van der Waals surface area contributed by atoms with Crippen molar-refractivity contribution < 1.29 is 28.2 Å². The maximum absolute atomic E-state index is 12.6. The molecule has 1 aromatic carbocycles. The van der Waals surface area contributed by atoms with E-state index in [0.29, 0.717) is 18.0 Å². The average molecular weight is 539 g/mol. The van der Waals surface area contributed by atoms with Gasteiger partial charge in [0.2, 0.25) is 0 Å². The van der Waals surface area contributed by atoms with Crippen LogP contribution in [0.4, 0.5) is 14.6 Å². The molecule has 1 aliphatic rings. The molecule has 0 bridgehead atoms. The van der Waals surface area contributed by atoms with Gasteiger partial charge in [-0.1, -0.05) is 23.7 Å². The summed E-state index contributed by atoms with van der Waals surface area (Å²) < 4.78 is 29.2. The van der Waals surface area contributed by atoms with Crippen LogP contribution in [0.15, 0.2) is 36.4 Å². The second-order valence-electron chi connectivity index (χ2n) is 9.39. The number of halogens is 3. The molecule has 1 unspecified atom stereocenters. The number of ether oxygens (including phenoxy) is 1. The van der Waals surface area contributed by atoms with Gasteiger partial charge in [0.1, 0.15) is 16.7 Å². The van der Waals surface area contributed by atoms with Gasteiger partial charge in [-0.3, -0.25) is 9.59 Å². The van der Waals surface area contributed by atoms with E-state index < -0.39 is 18.6 Å². The van der Waals surface area contributed by atoms with E-state index in [1.165, 1.54) is 34.1 Å². The minimum atomic E-state index is -2.98. The molecule has 0 saturated carbocycles. The number of pyridine rings is 1. The van der Waals surface area contributed by atoms with Crippen LogP contribution in [0.2, 0.25) is 5.15 Å². The Bertz CT molecular complexity index is 1080. The molecule has 1 saturated heterocycles. The number of rotatable bonds is 10. The third kappa shape index (κ3) is 7.75. The molecule has 2 heterocycles. The summed E-state index contributed by atoms with van der Waals surface area (Å²) in [5, 5.41) is 10.6. The summed E-state index contributed by atoms with van der Waals surface area (Å²) in [5.41, 5.74) is 0.582. The molecule has 2 amide bonds. The lowest BCUT2D eigenvalue weighted by molar-refractivity contribution is -0.139. The number of piperidine rings is 1. The summed E-state index contributed by atoms with van der Waals surface area (Å²) in [4.78, 5) is 34.3. The molecule has 1 N–H and O–H groups in total. The Hall–Kier alpha value is -2.98. The number of aromatic nitrogens is 1. The molecule has 8 nitrogen and oxygen atoms in total. The van der Waals surface area contributed by atoms with E-state index in [0.717, 1.165) is 44.6 Å². The molecule has 1 atom stereocenters. The molecule has 11 heteroatoms. The molecular weight excluding hydrogens is 506 g/mol. The monoisotopic (exact) mass is 538 g/mol. The first-order valence-electron chi connectivity index (χ1n) is 12.2. The number of likely N-dealkylation sites (N-methyl/N-ethyl adjacent to an activating group) is 1. The quantitative estimate of drug-likeness (QED) is 0.456. The van der Waals surface area contributed by atoms with Gasteiger partial charge in [-0.05, 0) is 61.4 Å². The van der Waals surface area contributed by atoms with E-state index in [-0.39, 0.29) is 22.4 Å². The molecule has 2 aromatic rings. The Morgan fingerprint density at radius 2 is 1.89 bits per heavy atom. The van der Waals surface area contributed by atoms with Gasteiger partial charge in [0.15, 0.2) is 6.10 Å². The van der Waals surface area contributed by atoms with Gasteiger partial charge in [-0.2, -0.15) is 8.78 Å². The number of carbonyl (C=O) groups excluding carboxylic acids is 2. The zero-order chi connectivity index (χ0) is 27.1. The van der Waals surface area contributed by atoms with Crippen molar-refractivity contribution in [2.75, 3.05) is 45.7 Å². The molecule has 1 fully saturated rings. The van der Waals surface area contributed by atoms with Crippen LogP contribution in [0.1, 0.15) is 47.7 Å². The fourth-order valence-corrected chi connectivity index (χ4v) is 4.62.